The van der Waals surface area contributed by atoms with Crippen molar-refractivity contribution in [2.75, 3.05) is 0 Å². The number of phenols is 3. The lowest BCUT2D eigenvalue weighted by Gasteiger charge is -2.07. The van der Waals surface area contributed by atoms with Gasteiger partial charge >= 0.3 is 10.1 Å². The molecule has 0 spiro atoms. The lowest BCUT2D eigenvalue weighted by atomic mass is 10.1. The Morgan fingerprint density at radius 2 is 1.45 bits per heavy atom. The van der Waals surface area contributed by atoms with Crippen LogP contribution in [-0.4, -0.2) is 29.5 Å². The van der Waals surface area contributed by atoms with Gasteiger partial charge in [0.25, 0.3) is 0 Å². The molecule has 3 aromatic carbocycles. The van der Waals surface area contributed by atoms with Crippen LogP contribution in [-0.2, 0) is 10.1 Å². The summed E-state index contributed by atoms with van der Waals surface area (Å²) in [4.78, 5) is 12.1. The van der Waals surface area contributed by atoms with E-state index in [1.807, 2.05) is 0 Å². The Kier molecular flexibility index (Phi) is 5.56. The first-order valence-corrected chi connectivity index (χ1v) is 9.73. The number of allylic oxidation sites excluding steroid dienone is 1. The monoisotopic (exact) mass is 412 g/mol. The van der Waals surface area contributed by atoms with Gasteiger partial charge in [0.05, 0.1) is 0 Å². The van der Waals surface area contributed by atoms with Crippen LogP contribution in [0, 0.1) is 0 Å². The third-order valence-corrected chi connectivity index (χ3v) is 5.16. The molecular formula is C21H16O7S. The minimum Gasteiger partial charge on any atom is -0.508 e. The maximum Gasteiger partial charge on any atom is 0.339 e. The molecule has 3 rings (SSSR count). The van der Waals surface area contributed by atoms with E-state index >= 15 is 0 Å². The second kappa shape index (κ2) is 8.07. The Morgan fingerprint density at radius 3 is 2.07 bits per heavy atom. The van der Waals surface area contributed by atoms with E-state index in [0.717, 1.165) is 6.07 Å². The summed E-state index contributed by atoms with van der Waals surface area (Å²) in [5.41, 5.74) is 0.644. The van der Waals surface area contributed by atoms with E-state index in [0.29, 0.717) is 5.56 Å². The molecule has 0 amide bonds. The first kappa shape index (κ1) is 20.0. The molecule has 0 fully saturated rings. The second-order valence-corrected chi connectivity index (χ2v) is 7.54. The highest BCUT2D eigenvalue weighted by Gasteiger charge is 2.16. The normalized spacial score (nSPS) is 11.4. The Labute approximate surface area is 166 Å². The van der Waals surface area contributed by atoms with Crippen LogP contribution in [0.1, 0.15) is 15.9 Å². The van der Waals surface area contributed by atoms with Gasteiger partial charge in [0.1, 0.15) is 27.9 Å². The number of hydrogen-bond acceptors (Lipinski definition) is 7. The van der Waals surface area contributed by atoms with Gasteiger partial charge in [-0.3, -0.25) is 4.79 Å². The first-order valence-electron chi connectivity index (χ1n) is 8.32. The van der Waals surface area contributed by atoms with Crippen LogP contribution in [0.3, 0.4) is 0 Å². The van der Waals surface area contributed by atoms with Crippen molar-refractivity contribution >= 4 is 22.0 Å². The molecule has 29 heavy (non-hydrogen) atoms. The number of phenolic OH excluding ortho intramolecular Hbond substituents is 3. The average molecular weight is 412 g/mol. The summed E-state index contributed by atoms with van der Waals surface area (Å²) in [5, 5.41) is 28.2. The van der Waals surface area contributed by atoms with E-state index in [1.165, 1.54) is 72.8 Å². The lowest BCUT2D eigenvalue weighted by Crippen LogP contribution is -2.09. The molecule has 3 aromatic rings. The molecule has 148 valence electrons. The summed E-state index contributed by atoms with van der Waals surface area (Å²) >= 11 is 0. The topological polar surface area (TPSA) is 121 Å². The van der Waals surface area contributed by atoms with E-state index in [9.17, 15) is 28.5 Å². The molecule has 0 aliphatic heterocycles. The van der Waals surface area contributed by atoms with E-state index < -0.39 is 10.1 Å². The number of carbonyl (C=O) groups excluding carboxylic acids is 1. The number of benzene rings is 3. The quantitative estimate of drug-likeness (QED) is 0.322. The summed E-state index contributed by atoms with van der Waals surface area (Å²) in [5.74, 6) is -0.679. The van der Waals surface area contributed by atoms with Gasteiger partial charge in [-0.05, 0) is 72.8 Å². The van der Waals surface area contributed by atoms with E-state index in [1.54, 1.807) is 0 Å². The van der Waals surface area contributed by atoms with Crippen molar-refractivity contribution in [3.63, 3.8) is 0 Å². The zero-order valence-corrected chi connectivity index (χ0v) is 15.7. The molecule has 0 saturated heterocycles. The van der Waals surface area contributed by atoms with Crippen LogP contribution in [0.15, 0.2) is 77.7 Å². The van der Waals surface area contributed by atoms with Crippen molar-refractivity contribution in [2.24, 2.45) is 0 Å². The van der Waals surface area contributed by atoms with Crippen LogP contribution in [0.25, 0.3) is 6.08 Å². The van der Waals surface area contributed by atoms with E-state index in [4.69, 9.17) is 4.18 Å². The molecule has 3 N–H and O–H groups in total. The lowest BCUT2D eigenvalue weighted by molar-refractivity contribution is 0.104. The fourth-order valence-electron chi connectivity index (χ4n) is 2.40. The molecule has 0 aromatic heterocycles. The highest BCUT2D eigenvalue weighted by atomic mass is 32.2. The number of carbonyl (C=O) groups is 1. The molecule has 0 heterocycles. The molecule has 0 bridgehead atoms. The third kappa shape index (κ3) is 4.94. The highest BCUT2D eigenvalue weighted by molar-refractivity contribution is 7.87. The minimum absolute atomic E-state index is 0.0229. The van der Waals surface area contributed by atoms with Gasteiger partial charge in [-0.15, -0.1) is 0 Å². The summed E-state index contributed by atoms with van der Waals surface area (Å²) < 4.78 is 29.5. The van der Waals surface area contributed by atoms with Crippen molar-refractivity contribution in [3.8, 4) is 23.0 Å². The zero-order chi connectivity index (χ0) is 21.0. The molecular weight excluding hydrogens is 396 g/mol. The van der Waals surface area contributed by atoms with Crippen molar-refractivity contribution in [1.29, 1.82) is 0 Å². The molecule has 0 unspecified atom stereocenters. The number of hydrogen-bond donors (Lipinski definition) is 3. The van der Waals surface area contributed by atoms with Crippen LogP contribution >= 0.6 is 0 Å². The smallest absolute Gasteiger partial charge is 0.339 e. The standard InChI is InChI=1S/C21H16O7S/c22-16-6-10-19(11-7-16)29(26,27)28-18-8-2-14(3-9-18)20(24)12-4-15-1-5-17(23)13-21(15)25/h1-13,22-23,25H. The Hall–Kier alpha value is -3.78. The summed E-state index contributed by atoms with van der Waals surface area (Å²) in [6.45, 7) is 0. The van der Waals surface area contributed by atoms with Crippen molar-refractivity contribution in [2.45, 2.75) is 4.90 Å². The third-order valence-electron chi connectivity index (χ3n) is 3.90. The van der Waals surface area contributed by atoms with E-state index in [2.05, 4.69) is 0 Å². The van der Waals surface area contributed by atoms with Gasteiger partial charge in [-0.1, -0.05) is 0 Å². The summed E-state index contributed by atoms with van der Waals surface area (Å²) in [7, 11) is -4.08. The molecule has 0 radical (unpaired) electrons. The highest BCUT2D eigenvalue weighted by Crippen LogP contribution is 2.24. The van der Waals surface area contributed by atoms with Gasteiger partial charge in [0.15, 0.2) is 5.78 Å². The Morgan fingerprint density at radius 1 is 0.828 bits per heavy atom. The van der Waals surface area contributed by atoms with Crippen molar-refractivity contribution in [1.82, 2.24) is 0 Å². The molecule has 0 atom stereocenters. The second-order valence-electron chi connectivity index (χ2n) is 6.00. The summed E-state index contributed by atoms with van der Waals surface area (Å²) in [6, 6.07) is 14.4. The van der Waals surface area contributed by atoms with E-state index in [-0.39, 0.29) is 39.2 Å². The number of aromatic hydroxyl groups is 3. The number of ketones is 1. The van der Waals surface area contributed by atoms with Crippen LogP contribution in [0.4, 0.5) is 0 Å². The zero-order valence-electron chi connectivity index (χ0n) is 14.9. The predicted molar refractivity (Wildman–Crippen MR) is 105 cm³/mol. The van der Waals surface area contributed by atoms with Gasteiger partial charge in [-0.25, -0.2) is 0 Å². The maximum absolute atomic E-state index is 12.2. The van der Waals surface area contributed by atoms with Crippen LogP contribution < -0.4 is 4.18 Å². The summed E-state index contributed by atoms with van der Waals surface area (Å²) in [6.07, 6.45) is 2.64. The number of rotatable bonds is 6. The van der Waals surface area contributed by atoms with Crippen LogP contribution in [0.2, 0.25) is 0 Å². The van der Waals surface area contributed by atoms with Crippen molar-refractivity contribution in [3.05, 3.63) is 83.9 Å². The van der Waals surface area contributed by atoms with Gasteiger partial charge in [0, 0.05) is 17.2 Å². The van der Waals surface area contributed by atoms with Gasteiger partial charge in [0.2, 0.25) is 0 Å². The van der Waals surface area contributed by atoms with Crippen LogP contribution in [0.5, 0.6) is 23.0 Å². The average Bonchev–Trinajstić information content (AvgIpc) is 2.68. The fourth-order valence-corrected chi connectivity index (χ4v) is 3.33. The Bertz CT molecular complexity index is 1160. The maximum atomic E-state index is 12.2. The molecule has 8 heteroatoms. The molecule has 0 aliphatic rings. The van der Waals surface area contributed by atoms with Gasteiger partial charge in [-0.2, -0.15) is 8.42 Å². The Balaban J connectivity index is 1.71. The van der Waals surface area contributed by atoms with Gasteiger partial charge < -0.3 is 19.5 Å². The minimum atomic E-state index is -4.08. The predicted octanol–water partition coefficient (Wildman–Crippen LogP) is 3.47. The molecule has 7 nitrogen and oxygen atoms in total. The largest absolute Gasteiger partial charge is 0.508 e. The SMILES string of the molecule is O=C(C=Cc1ccc(O)cc1O)c1ccc(OS(=O)(=O)c2ccc(O)cc2)cc1. The first-order chi connectivity index (χ1) is 13.7. The molecule has 0 aliphatic carbocycles. The molecule has 0 saturated carbocycles. The fraction of sp³-hybridized carbons (Fsp3) is 0. The van der Waals surface area contributed by atoms with Crippen molar-refractivity contribution < 1.29 is 32.7 Å².